The third-order valence-electron chi connectivity index (χ3n) is 7.13. The van der Waals surface area contributed by atoms with Gasteiger partial charge in [-0.3, -0.25) is 39.6 Å². The lowest BCUT2D eigenvalue weighted by Gasteiger charge is -2.31. The minimum atomic E-state index is -2.02. The van der Waals surface area contributed by atoms with Gasteiger partial charge in [-0.15, -0.1) is 0 Å². The smallest absolute Gasteiger partial charge is 0.274 e. The molecule has 0 heterocycles. The molecule has 56 heavy (non-hydrogen) atoms. The van der Waals surface area contributed by atoms with Crippen molar-refractivity contribution in [3.05, 3.63) is 55.8 Å². The van der Waals surface area contributed by atoms with E-state index in [1.165, 1.54) is 12.1 Å². The van der Waals surface area contributed by atoms with Gasteiger partial charge in [0.05, 0.1) is 54.7 Å². The largest absolute Gasteiger partial charge is 0.391 e. The Labute approximate surface area is 401 Å². The molecule has 0 aliphatic carbocycles. The van der Waals surface area contributed by atoms with Gasteiger partial charge in [0, 0.05) is 21.4 Å². The summed E-state index contributed by atoms with van der Waals surface area (Å²) in [4.78, 5) is 80.2. The van der Waals surface area contributed by atoms with E-state index in [1.54, 1.807) is 45.2 Å². The third-order valence-corrected chi connectivity index (χ3v) is 12.7. The van der Waals surface area contributed by atoms with Crippen molar-refractivity contribution < 1.29 is 64.5 Å². The first-order valence-corrected chi connectivity index (χ1v) is 22.1. The van der Waals surface area contributed by atoms with Crippen molar-refractivity contribution in [2.45, 2.75) is 57.5 Å². The van der Waals surface area contributed by atoms with Crippen molar-refractivity contribution in [1.82, 2.24) is 31.5 Å². The lowest BCUT2D eigenvalue weighted by molar-refractivity contribution is -0.133. The van der Waals surface area contributed by atoms with E-state index in [0.29, 0.717) is 17.2 Å². The van der Waals surface area contributed by atoms with E-state index in [1.807, 2.05) is 90.4 Å². The number of hydrazine groups is 2. The highest BCUT2D eigenvalue weighted by Gasteiger charge is 2.35. The molecule has 0 spiro atoms. The number of nitrogens with zero attached hydrogens (tertiary/aromatic N) is 2. The Morgan fingerprint density at radius 3 is 1.16 bits per heavy atom. The molecule has 11 N–H and O–H groups in total. The second-order valence-corrected chi connectivity index (χ2v) is 19.2. The summed E-state index contributed by atoms with van der Waals surface area (Å²) in [6.45, 7) is 1.26. The Kier molecular flexibility index (Phi) is 20.0. The highest BCUT2D eigenvalue weighted by Crippen LogP contribution is 2.31. The number of carbonyl (C=O) groups is 6. The van der Waals surface area contributed by atoms with E-state index < -0.39 is 91.5 Å². The fraction of sp³-hybridized carbons (Fsp3) is 0.419. The predicted molar refractivity (Wildman–Crippen MR) is 247 cm³/mol. The Hall–Kier alpha value is -0.640. The molecule has 0 bridgehead atoms. The summed E-state index contributed by atoms with van der Waals surface area (Å²) < 4.78 is 1.35. The third kappa shape index (κ3) is 13.7. The number of hydrogen-bond donors (Lipinski definition) is 11. The zero-order valence-corrected chi connectivity index (χ0v) is 42.4. The second kappa shape index (κ2) is 21.7. The van der Waals surface area contributed by atoms with Gasteiger partial charge in [-0.05, 0) is 175 Å². The van der Waals surface area contributed by atoms with Crippen molar-refractivity contribution in [1.29, 1.82) is 0 Å². The second-order valence-electron chi connectivity index (χ2n) is 12.4. The van der Waals surface area contributed by atoms with Gasteiger partial charge in [0.15, 0.2) is 11.4 Å². The lowest BCUT2D eigenvalue weighted by atomic mass is 10.1. The van der Waals surface area contributed by atoms with Gasteiger partial charge in [0.2, 0.25) is 0 Å². The Balaban J connectivity index is 2.65. The van der Waals surface area contributed by atoms with Gasteiger partial charge >= 0.3 is 0 Å². The molecule has 0 radical (unpaired) electrons. The number of hydrogen-bond acceptors (Lipinski definition) is 13. The summed E-state index contributed by atoms with van der Waals surface area (Å²) in [6, 6.07) is 2.92. The van der Waals surface area contributed by atoms with E-state index in [2.05, 4.69) is 21.5 Å². The molecule has 2 aromatic rings. The maximum absolute atomic E-state index is 14.2. The van der Waals surface area contributed by atoms with Crippen molar-refractivity contribution in [2.75, 3.05) is 26.3 Å². The summed E-state index contributed by atoms with van der Waals surface area (Å²) in [5, 5.41) is 76.4. The number of rotatable bonds is 14. The number of aliphatic hydroxyl groups is 7. The number of carbonyl (C=O) groups excluding carboxylic acids is 6. The van der Waals surface area contributed by atoms with Crippen LogP contribution >= 0.6 is 136 Å². The quantitative estimate of drug-likeness (QED) is 0.0673. The average molecular weight is 1460 g/mol. The van der Waals surface area contributed by atoms with Crippen molar-refractivity contribution >= 4 is 171 Å². The molecule has 19 nitrogen and oxygen atoms in total. The highest BCUT2D eigenvalue weighted by molar-refractivity contribution is 14.1. The number of aliphatic hydroxyl groups excluding tert-OH is 5. The van der Waals surface area contributed by atoms with Crippen LogP contribution in [0.25, 0.3) is 0 Å². The molecule has 0 aliphatic rings. The zero-order chi connectivity index (χ0) is 43.2. The predicted octanol–water partition coefficient (Wildman–Crippen LogP) is -0.0551. The van der Waals surface area contributed by atoms with Crippen LogP contribution in [-0.2, 0) is 9.59 Å². The van der Waals surface area contributed by atoms with Gasteiger partial charge in [0.25, 0.3) is 35.4 Å². The van der Waals surface area contributed by atoms with Crippen LogP contribution in [0.3, 0.4) is 0 Å². The standard InChI is InChI=1S/C31H36I6N6O13/c1-11(46)24(49)40-42(28(53)20-16(34)5-14(32)18(22(20)36)26(51)38-30(3,55)9-44)7-13(48)8-43(41-25(50)12(2)47)29(54)21-17(35)6-15(33)19(23(21)37)27(52)39-31(4,56)10-45/h5-6,11-13,44-48,55-56H,7-10H2,1-4H3,(H,38,51)(H,39,52)(H,40,49)(H,41,50). The molecule has 0 fully saturated rings. The van der Waals surface area contributed by atoms with Crippen molar-refractivity contribution in [3.8, 4) is 0 Å². The van der Waals surface area contributed by atoms with Crippen molar-refractivity contribution in [3.63, 3.8) is 0 Å². The first kappa shape index (κ1) is 51.5. The normalized spacial score (nSPS) is 14.9. The highest BCUT2D eigenvalue weighted by atomic mass is 127. The molecule has 0 saturated carbocycles. The molecule has 310 valence electrons. The van der Waals surface area contributed by atoms with E-state index in [9.17, 15) is 64.5 Å². The summed E-state index contributed by atoms with van der Waals surface area (Å²) in [5.74, 6) is -5.86. The molecule has 25 heteroatoms. The molecular formula is C31H36I6N6O13. The Morgan fingerprint density at radius 1 is 0.607 bits per heavy atom. The number of nitrogens with one attached hydrogen (secondary N) is 4. The van der Waals surface area contributed by atoms with Crippen LogP contribution in [0.4, 0.5) is 0 Å². The SMILES string of the molecule is CC(O)C(=O)NN(CC(O)CN(NC(=O)C(C)O)C(=O)c1c(I)cc(I)c(C(=O)NC(C)(O)CO)c1I)C(=O)c1c(I)cc(I)c(C(=O)NC(C)(O)CO)c1I. The van der Waals surface area contributed by atoms with Gasteiger partial charge < -0.3 is 46.4 Å². The van der Waals surface area contributed by atoms with Gasteiger partial charge in [0.1, 0.15) is 12.2 Å². The maximum atomic E-state index is 14.2. The first-order chi connectivity index (χ1) is 25.7. The van der Waals surface area contributed by atoms with Gasteiger partial charge in [-0.25, -0.2) is 10.0 Å². The van der Waals surface area contributed by atoms with E-state index in [0.717, 1.165) is 27.7 Å². The van der Waals surface area contributed by atoms with Crippen LogP contribution in [0.15, 0.2) is 12.1 Å². The van der Waals surface area contributed by atoms with E-state index in [-0.39, 0.29) is 36.5 Å². The topological polar surface area (TPSA) is 299 Å². The minimum Gasteiger partial charge on any atom is -0.391 e. The zero-order valence-electron chi connectivity index (χ0n) is 29.5. The number of benzene rings is 2. The van der Waals surface area contributed by atoms with E-state index in [4.69, 9.17) is 0 Å². The molecular weight excluding hydrogens is 1430 g/mol. The van der Waals surface area contributed by atoms with Crippen LogP contribution in [0.1, 0.15) is 69.1 Å². The summed E-state index contributed by atoms with van der Waals surface area (Å²) in [7, 11) is 0. The maximum Gasteiger partial charge on any atom is 0.274 e. The van der Waals surface area contributed by atoms with Crippen LogP contribution in [0.5, 0.6) is 0 Å². The monoisotopic (exact) mass is 1460 g/mol. The van der Waals surface area contributed by atoms with Crippen LogP contribution in [0, 0.1) is 21.4 Å². The summed E-state index contributed by atoms with van der Waals surface area (Å²) in [5.41, 5.74) is -0.0677. The molecule has 2 aromatic carbocycles. The molecule has 0 saturated heterocycles. The fourth-order valence-electron chi connectivity index (χ4n) is 4.24. The van der Waals surface area contributed by atoms with Gasteiger partial charge in [-0.1, -0.05) is 0 Å². The summed E-state index contributed by atoms with van der Waals surface area (Å²) in [6.07, 6.45) is -5.10. The van der Waals surface area contributed by atoms with Crippen molar-refractivity contribution in [2.24, 2.45) is 0 Å². The van der Waals surface area contributed by atoms with Crippen LogP contribution in [-0.4, -0.2) is 137 Å². The molecule has 0 aromatic heterocycles. The fourth-order valence-corrected chi connectivity index (χ4v) is 12.9. The summed E-state index contributed by atoms with van der Waals surface area (Å²) >= 11 is 10.7. The average Bonchev–Trinajstić information content (AvgIpc) is 3.06. The molecule has 2 rings (SSSR count). The molecule has 4 unspecified atom stereocenters. The van der Waals surface area contributed by atoms with Crippen LogP contribution < -0.4 is 21.5 Å². The van der Waals surface area contributed by atoms with E-state index >= 15 is 0 Å². The van der Waals surface area contributed by atoms with Crippen LogP contribution in [0.2, 0.25) is 0 Å². The Bertz CT molecular complexity index is 1750. The number of halogens is 6. The lowest BCUT2D eigenvalue weighted by Crippen LogP contribution is -2.56. The molecule has 6 amide bonds. The first-order valence-electron chi connectivity index (χ1n) is 15.7. The Morgan fingerprint density at radius 2 is 0.893 bits per heavy atom. The molecule has 4 atom stereocenters. The molecule has 0 aliphatic heterocycles. The van der Waals surface area contributed by atoms with Gasteiger partial charge in [-0.2, -0.15) is 0 Å². The number of amides is 6. The minimum absolute atomic E-state index is 0.0464.